The summed E-state index contributed by atoms with van der Waals surface area (Å²) in [4.78, 5) is 22.5. The zero-order valence-corrected chi connectivity index (χ0v) is 11.6. The number of rotatable bonds is 6. The van der Waals surface area contributed by atoms with Gasteiger partial charge in [-0.1, -0.05) is 32.1 Å². The Morgan fingerprint density at radius 2 is 2.00 bits per heavy atom. The van der Waals surface area contributed by atoms with Gasteiger partial charge in [-0.2, -0.15) is 0 Å². The van der Waals surface area contributed by atoms with Crippen LogP contribution in [-0.2, 0) is 16.0 Å². The summed E-state index contributed by atoms with van der Waals surface area (Å²) in [6, 6.07) is 0. The Kier molecular flexibility index (Phi) is 5.70. The Morgan fingerprint density at radius 3 is 2.61 bits per heavy atom. The molecule has 6 nitrogen and oxygen atoms in total. The van der Waals surface area contributed by atoms with Crippen molar-refractivity contribution in [2.24, 2.45) is 5.92 Å². The molecule has 1 aromatic heterocycles. The molecule has 0 unspecified atom stereocenters. The van der Waals surface area contributed by atoms with E-state index >= 15 is 0 Å². The summed E-state index contributed by atoms with van der Waals surface area (Å²) in [5.41, 5.74) is 0. The van der Waals surface area contributed by atoms with Gasteiger partial charge in [-0.05, 0) is 5.92 Å². The fourth-order valence-corrected chi connectivity index (χ4v) is 2.17. The number of hydrogen-bond acceptors (Lipinski definition) is 5. The van der Waals surface area contributed by atoms with Crippen molar-refractivity contribution in [2.45, 2.75) is 33.6 Å². The van der Waals surface area contributed by atoms with Crippen molar-refractivity contribution in [1.82, 2.24) is 15.5 Å². The molecule has 1 rings (SSSR count). The number of aromatic nitrogens is 2. The summed E-state index contributed by atoms with van der Waals surface area (Å²) in [5.74, 6) is 0.0669. The fraction of sp³-hybridized carbons (Fsp3) is 0.636. The van der Waals surface area contributed by atoms with Crippen LogP contribution in [0.5, 0.6) is 0 Å². The Morgan fingerprint density at radius 1 is 1.28 bits per heavy atom. The maximum atomic E-state index is 11.5. The highest BCUT2D eigenvalue weighted by molar-refractivity contribution is 7.15. The van der Waals surface area contributed by atoms with Gasteiger partial charge in [-0.25, -0.2) is 0 Å². The highest BCUT2D eigenvalue weighted by Crippen LogP contribution is 2.17. The molecule has 0 bridgehead atoms. The smallest absolute Gasteiger partial charge is 0.245 e. The van der Waals surface area contributed by atoms with Crippen LogP contribution in [0.25, 0.3) is 0 Å². The van der Waals surface area contributed by atoms with Crippen molar-refractivity contribution in [3.05, 3.63) is 5.01 Å². The lowest BCUT2D eigenvalue weighted by Crippen LogP contribution is -2.32. The molecule has 2 N–H and O–H groups in total. The average Bonchev–Trinajstić information content (AvgIpc) is 2.72. The lowest BCUT2D eigenvalue weighted by atomic mass is 10.1. The van der Waals surface area contributed by atoms with Crippen LogP contribution in [0.15, 0.2) is 0 Å². The standard InChI is InChI=1S/C11H18N4O2S/c1-4-8(16)12-6-9(17)13-11-15-14-10(18-11)5-7(2)3/h7H,4-6H2,1-3H3,(H,12,16)(H,13,15,17). The van der Waals surface area contributed by atoms with E-state index in [1.807, 2.05) is 0 Å². The predicted molar refractivity (Wildman–Crippen MR) is 70.4 cm³/mol. The van der Waals surface area contributed by atoms with E-state index in [1.54, 1.807) is 6.92 Å². The summed E-state index contributed by atoms with van der Waals surface area (Å²) < 4.78 is 0. The van der Waals surface area contributed by atoms with E-state index < -0.39 is 0 Å². The molecule has 2 amide bonds. The number of hydrogen-bond donors (Lipinski definition) is 2. The lowest BCUT2D eigenvalue weighted by Gasteiger charge is -2.02. The average molecular weight is 270 g/mol. The largest absolute Gasteiger partial charge is 0.347 e. The molecule has 1 heterocycles. The summed E-state index contributed by atoms with van der Waals surface area (Å²) >= 11 is 1.36. The van der Waals surface area contributed by atoms with Gasteiger partial charge in [0.2, 0.25) is 16.9 Å². The Hall–Kier alpha value is -1.50. The van der Waals surface area contributed by atoms with Crippen LogP contribution >= 0.6 is 11.3 Å². The first kappa shape index (κ1) is 14.6. The highest BCUT2D eigenvalue weighted by Gasteiger charge is 2.09. The fourth-order valence-electron chi connectivity index (χ4n) is 1.20. The van der Waals surface area contributed by atoms with Gasteiger partial charge in [0.25, 0.3) is 0 Å². The molecule has 1 aromatic rings. The molecular weight excluding hydrogens is 252 g/mol. The van der Waals surface area contributed by atoms with Gasteiger partial charge in [-0.15, -0.1) is 10.2 Å². The van der Waals surface area contributed by atoms with Crippen LogP contribution in [0.1, 0.15) is 32.2 Å². The number of nitrogens with zero attached hydrogens (tertiary/aromatic N) is 2. The minimum Gasteiger partial charge on any atom is -0.347 e. The molecule has 0 aliphatic carbocycles. The van der Waals surface area contributed by atoms with Crippen LogP contribution in [-0.4, -0.2) is 28.6 Å². The molecule has 0 radical (unpaired) electrons. The van der Waals surface area contributed by atoms with E-state index in [0.717, 1.165) is 11.4 Å². The first-order valence-electron chi connectivity index (χ1n) is 5.90. The van der Waals surface area contributed by atoms with Gasteiger partial charge >= 0.3 is 0 Å². The van der Waals surface area contributed by atoms with Crippen LogP contribution in [0, 0.1) is 5.92 Å². The van der Waals surface area contributed by atoms with Crippen LogP contribution < -0.4 is 10.6 Å². The Labute approximate surface area is 110 Å². The summed E-state index contributed by atoms with van der Waals surface area (Å²) in [7, 11) is 0. The number of amides is 2. The van der Waals surface area contributed by atoms with Crippen LogP contribution in [0.4, 0.5) is 5.13 Å². The molecule has 100 valence electrons. The quantitative estimate of drug-likeness (QED) is 0.813. The van der Waals surface area contributed by atoms with Gasteiger partial charge in [-0.3, -0.25) is 14.9 Å². The third-order valence-electron chi connectivity index (χ3n) is 2.06. The lowest BCUT2D eigenvalue weighted by molar-refractivity contribution is -0.123. The maximum absolute atomic E-state index is 11.5. The first-order chi connectivity index (χ1) is 8.51. The normalized spacial score (nSPS) is 10.4. The molecule has 0 aromatic carbocycles. The number of carbonyl (C=O) groups excluding carboxylic acids is 2. The van der Waals surface area contributed by atoms with E-state index in [-0.39, 0.29) is 18.4 Å². The molecule has 18 heavy (non-hydrogen) atoms. The van der Waals surface area contributed by atoms with Gasteiger partial charge in [0.1, 0.15) is 5.01 Å². The van der Waals surface area contributed by atoms with Crippen molar-refractivity contribution in [1.29, 1.82) is 0 Å². The minimum absolute atomic E-state index is 0.0359. The van der Waals surface area contributed by atoms with Crippen molar-refractivity contribution >= 4 is 28.3 Å². The summed E-state index contributed by atoms with van der Waals surface area (Å²) in [6.45, 7) is 5.89. The Balaban J connectivity index is 2.40. The molecule has 0 spiro atoms. The number of nitrogens with one attached hydrogen (secondary N) is 2. The van der Waals surface area contributed by atoms with E-state index in [0.29, 0.717) is 17.5 Å². The molecule has 7 heteroatoms. The van der Waals surface area contributed by atoms with Crippen LogP contribution in [0.3, 0.4) is 0 Å². The van der Waals surface area contributed by atoms with Crippen molar-refractivity contribution in [3.63, 3.8) is 0 Å². The monoisotopic (exact) mass is 270 g/mol. The predicted octanol–water partition coefficient (Wildman–Crippen LogP) is 1.20. The third-order valence-corrected chi connectivity index (χ3v) is 2.92. The van der Waals surface area contributed by atoms with Crippen molar-refractivity contribution in [2.75, 3.05) is 11.9 Å². The molecular formula is C11H18N4O2S. The second kappa shape index (κ2) is 7.05. The van der Waals surface area contributed by atoms with Crippen LogP contribution in [0.2, 0.25) is 0 Å². The topological polar surface area (TPSA) is 84.0 Å². The first-order valence-corrected chi connectivity index (χ1v) is 6.71. The van der Waals surface area contributed by atoms with Gasteiger partial charge in [0, 0.05) is 12.8 Å². The van der Waals surface area contributed by atoms with E-state index in [9.17, 15) is 9.59 Å². The Bertz CT molecular complexity index is 417. The minimum atomic E-state index is -0.288. The number of carbonyl (C=O) groups is 2. The third kappa shape index (κ3) is 5.22. The molecule has 0 aliphatic rings. The van der Waals surface area contributed by atoms with Crippen molar-refractivity contribution in [3.8, 4) is 0 Å². The maximum Gasteiger partial charge on any atom is 0.245 e. The second-order valence-electron chi connectivity index (χ2n) is 4.28. The van der Waals surface area contributed by atoms with Gasteiger partial charge in [0.05, 0.1) is 6.54 Å². The SMILES string of the molecule is CCC(=O)NCC(=O)Nc1nnc(CC(C)C)s1. The molecule has 0 atom stereocenters. The zero-order valence-electron chi connectivity index (χ0n) is 10.8. The summed E-state index contributed by atoms with van der Waals surface area (Å²) in [6.07, 6.45) is 1.21. The van der Waals surface area contributed by atoms with Gasteiger partial charge in [0.15, 0.2) is 0 Å². The van der Waals surface area contributed by atoms with E-state index in [1.165, 1.54) is 11.3 Å². The number of anilines is 1. The highest BCUT2D eigenvalue weighted by atomic mass is 32.1. The molecule has 0 saturated carbocycles. The molecule has 0 saturated heterocycles. The summed E-state index contributed by atoms with van der Waals surface area (Å²) in [5, 5.41) is 14.3. The zero-order chi connectivity index (χ0) is 13.5. The molecule has 0 aliphatic heterocycles. The van der Waals surface area contributed by atoms with E-state index in [4.69, 9.17) is 0 Å². The van der Waals surface area contributed by atoms with Crippen molar-refractivity contribution < 1.29 is 9.59 Å². The van der Waals surface area contributed by atoms with Gasteiger partial charge < -0.3 is 5.32 Å². The molecule has 0 fully saturated rings. The van der Waals surface area contributed by atoms with E-state index in [2.05, 4.69) is 34.7 Å². The second-order valence-corrected chi connectivity index (χ2v) is 5.34.